The number of ether oxygens (including phenoxy) is 4. The van der Waals surface area contributed by atoms with Gasteiger partial charge in [0.2, 0.25) is 0 Å². The molecule has 0 radical (unpaired) electrons. The number of benzene rings is 3. The summed E-state index contributed by atoms with van der Waals surface area (Å²) in [7, 11) is 2.78. The van der Waals surface area contributed by atoms with E-state index in [1.54, 1.807) is 0 Å². The number of hydrogen-bond acceptors (Lipinski definition) is 10. The zero-order valence-corrected chi connectivity index (χ0v) is 22.8. The molecule has 3 rings (SSSR count). The molecule has 210 valence electrons. The summed E-state index contributed by atoms with van der Waals surface area (Å²) in [4.78, 5) is 22.2. The van der Waals surface area contributed by atoms with Gasteiger partial charge < -0.3 is 18.9 Å². The van der Waals surface area contributed by atoms with Crippen LogP contribution < -0.4 is 9.47 Å². The highest BCUT2D eigenvalue weighted by Crippen LogP contribution is 2.25. The SMILES string of the molecule is COC(=O)CCCCOc1ccc(/N=N/c2ccc(/N=N/c3ccc(OCCCCC(=O)OC)cc3)cc2)cc1. The number of unbranched alkanes of at least 4 members (excludes halogenated alkanes) is 2. The van der Waals surface area contributed by atoms with Crippen molar-refractivity contribution >= 4 is 34.7 Å². The molecule has 0 saturated heterocycles. The quantitative estimate of drug-likeness (QED) is 0.102. The summed E-state index contributed by atoms with van der Waals surface area (Å²) in [6, 6.07) is 22.0. The second-order valence-electron chi connectivity index (χ2n) is 8.67. The number of rotatable bonds is 16. The zero-order chi connectivity index (χ0) is 28.4. The van der Waals surface area contributed by atoms with Crippen molar-refractivity contribution in [2.75, 3.05) is 27.4 Å². The number of nitrogens with zero attached hydrogens (tertiary/aromatic N) is 4. The van der Waals surface area contributed by atoms with Crippen LogP contribution in [0.2, 0.25) is 0 Å². The van der Waals surface area contributed by atoms with Gasteiger partial charge in [-0.2, -0.15) is 20.5 Å². The van der Waals surface area contributed by atoms with E-state index in [4.69, 9.17) is 9.47 Å². The first-order valence-electron chi connectivity index (χ1n) is 13.1. The van der Waals surface area contributed by atoms with Crippen molar-refractivity contribution < 1.29 is 28.5 Å². The van der Waals surface area contributed by atoms with Crippen molar-refractivity contribution in [3.8, 4) is 11.5 Å². The fourth-order valence-corrected chi connectivity index (χ4v) is 3.36. The lowest BCUT2D eigenvalue weighted by Crippen LogP contribution is -2.02. The summed E-state index contributed by atoms with van der Waals surface area (Å²) in [5.74, 6) is 1.07. The molecule has 0 aliphatic heterocycles. The number of hydrogen-bond donors (Lipinski definition) is 0. The summed E-state index contributed by atoms with van der Waals surface area (Å²) < 4.78 is 20.6. The van der Waals surface area contributed by atoms with E-state index in [9.17, 15) is 9.59 Å². The predicted octanol–water partition coefficient (Wildman–Crippen LogP) is 7.96. The molecule has 0 aliphatic carbocycles. The Morgan fingerprint density at radius 1 is 0.500 bits per heavy atom. The number of esters is 2. The number of carbonyl (C=O) groups is 2. The maximum atomic E-state index is 11.1. The standard InChI is InChI=1S/C30H34N4O6/c1-37-29(35)7-3-5-21-39-27-17-13-25(14-18-27)33-31-23-9-11-24(12-10-23)32-34-26-15-19-28(20-16-26)40-22-6-4-8-30(36)38-2/h9-20H,3-8,21-22H2,1-2H3/b33-31+,34-32+. The van der Waals surface area contributed by atoms with Crippen LogP contribution in [0.3, 0.4) is 0 Å². The lowest BCUT2D eigenvalue weighted by molar-refractivity contribution is -0.141. The normalized spacial score (nSPS) is 11.1. The maximum absolute atomic E-state index is 11.1. The molecule has 10 heteroatoms. The molecule has 0 heterocycles. The van der Waals surface area contributed by atoms with Crippen molar-refractivity contribution in [3.63, 3.8) is 0 Å². The Bertz CT molecular complexity index is 1140. The average molecular weight is 547 g/mol. The van der Waals surface area contributed by atoms with E-state index >= 15 is 0 Å². The van der Waals surface area contributed by atoms with E-state index in [2.05, 4.69) is 29.9 Å². The van der Waals surface area contributed by atoms with Gasteiger partial charge in [-0.05, 0) is 98.5 Å². The van der Waals surface area contributed by atoms with Gasteiger partial charge in [0.05, 0.1) is 50.2 Å². The third-order valence-corrected chi connectivity index (χ3v) is 5.63. The molecule has 10 nitrogen and oxygen atoms in total. The average Bonchev–Trinajstić information content (AvgIpc) is 3.00. The van der Waals surface area contributed by atoms with Crippen molar-refractivity contribution in [2.45, 2.75) is 38.5 Å². The highest BCUT2D eigenvalue weighted by Gasteiger charge is 2.02. The van der Waals surface area contributed by atoms with Gasteiger partial charge in [-0.25, -0.2) is 0 Å². The van der Waals surface area contributed by atoms with Crippen LogP contribution in [0.15, 0.2) is 93.3 Å². The van der Waals surface area contributed by atoms with Gasteiger partial charge in [0.15, 0.2) is 0 Å². The Morgan fingerprint density at radius 2 is 0.800 bits per heavy atom. The monoisotopic (exact) mass is 546 g/mol. The van der Waals surface area contributed by atoms with Crippen molar-refractivity contribution in [1.82, 2.24) is 0 Å². The Hall–Kier alpha value is -4.60. The minimum Gasteiger partial charge on any atom is -0.494 e. The molecule has 0 atom stereocenters. The highest BCUT2D eigenvalue weighted by atomic mass is 16.5. The minimum atomic E-state index is -0.204. The summed E-state index contributed by atoms with van der Waals surface area (Å²) in [6.07, 6.45) is 3.80. The van der Waals surface area contributed by atoms with Gasteiger partial charge >= 0.3 is 11.9 Å². The van der Waals surface area contributed by atoms with Gasteiger partial charge in [0.25, 0.3) is 0 Å². The molecule has 0 aromatic heterocycles. The van der Waals surface area contributed by atoms with Crippen LogP contribution in [0.4, 0.5) is 22.7 Å². The Kier molecular flexibility index (Phi) is 12.8. The third kappa shape index (κ3) is 11.4. The lowest BCUT2D eigenvalue weighted by atomic mass is 10.2. The van der Waals surface area contributed by atoms with Crippen LogP contribution in [-0.4, -0.2) is 39.4 Å². The summed E-state index contributed by atoms with van der Waals surface area (Å²) in [5, 5.41) is 17.1. The molecule has 0 amide bonds. The molecule has 0 fully saturated rings. The van der Waals surface area contributed by atoms with E-state index in [0.717, 1.165) is 37.2 Å². The van der Waals surface area contributed by atoms with Crippen molar-refractivity contribution in [1.29, 1.82) is 0 Å². The molecule has 0 aliphatic rings. The number of methoxy groups -OCH3 is 2. The minimum absolute atomic E-state index is 0.204. The smallest absolute Gasteiger partial charge is 0.305 e. The largest absolute Gasteiger partial charge is 0.494 e. The van der Waals surface area contributed by atoms with Gasteiger partial charge in [0.1, 0.15) is 11.5 Å². The first-order valence-corrected chi connectivity index (χ1v) is 13.1. The molecular formula is C30H34N4O6. The van der Waals surface area contributed by atoms with Crippen molar-refractivity contribution in [3.05, 3.63) is 72.8 Å². The second kappa shape index (κ2) is 17.1. The Morgan fingerprint density at radius 3 is 1.10 bits per heavy atom. The fourth-order valence-electron chi connectivity index (χ4n) is 3.36. The second-order valence-corrected chi connectivity index (χ2v) is 8.67. The first kappa shape index (κ1) is 29.9. The summed E-state index contributed by atoms with van der Waals surface area (Å²) in [5.41, 5.74) is 2.79. The fraction of sp³-hybridized carbons (Fsp3) is 0.333. The highest BCUT2D eigenvalue weighted by molar-refractivity contribution is 5.69. The Balaban J connectivity index is 1.39. The van der Waals surface area contributed by atoms with Crippen LogP contribution in [0, 0.1) is 0 Å². The van der Waals surface area contributed by atoms with Crippen LogP contribution in [0.5, 0.6) is 11.5 Å². The number of carbonyl (C=O) groups excluding carboxylic acids is 2. The van der Waals surface area contributed by atoms with E-state index < -0.39 is 0 Å². The predicted molar refractivity (Wildman–Crippen MR) is 150 cm³/mol. The summed E-state index contributed by atoms with van der Waals surface area (Å²) in [6.45, 7) is 1.06. The van der Waals surface area contributed by atoms with Crippen LogP contribution in [-0.2, 0) is 19.1 Å². The Labute approximate surface area is 234 Å². The molecule has 40 heavy (non-hydrogen) atoms. The van der Waals surface area contributed by atoms with E-state index in [1.807, 2.05) is 72.8 Å². The van der Waals surface area contributed by atoms with E-state index in [-0.39, 0.29) is 11.9 Å². The van der Waals surface area contributed by atoms with Crippen LogP contribution >= 0.6 is 0 Å². The van der Waals surface area contributed by atoms with E-state index in [1.165, 1.54) is 14.2 Å². The molecule has 0 N–H and O–H groups in total. The first-order chi connectivity index (χ1) is 19.6. The van der Waals surface area contributed by atoms with Gasteiger partial charge in [0, 0.05) is 12.8 Å². The van der Waals surface area contributed by atoms with E-state index in [0.29, 0.717) is 48.8 Å². The molecule has 0 bridgehead atoms. The zero-order valence-electron chi connectivity index (χ0n) is 22.8. The van der Waals surface area contributed by atoms with Crippen LogP contribution in [0.25, 0.3) is 0 Å². The van der Waals surface area contributed by atoms with Crippen molar-refractivity contribution in [2.24, 2.45) is 20.5 Å². The van der Waals surface area contributed by atoms with Gasteiger partial charge in [-0.3, -0.25) is 9.59 Å². The molecule has 3 aromatic rings. The van der Waals surface area contributed by atoms with Gasteiger partial charge in [-0.1, -0.05) is 0 Å². The maximum Gasteiger partial charge on any atom is 0.305 e. The molecular weight excluding hydrogens is 512 g/mol. The summed E-state index contributed by atoms with van der Waals surface area (Å²) >= 11 is 0. The molecule has 0 unspecified atom stereocenters. The van der Waals surface area contributed by atoms with Crippen LogP contribution in [0.1, 0.15) is 38.5 Å². The topological polar surface area (TPSA) is 121 Å². The molecule has 0 spiro atoms. The molecule has 0 saturated carbocycles. The third-order valence-electron chi connectivity index (χ3n) is 5.63. The lowest BCUT2D eigenvalue weighted by Gasteiger charge is -2.06. The van der Waals surface area contributed by atoms with Gasteiger partial charge in [-0.15, -0.1) is 0 Å². The molecule has 3 aromatic carbocycles. The number of azo groups is 2.